The number of methoxy groups -OCH3 is 1. The molecule has 0 aromatic heterocycles. The first-order valence-corrected chi connectivity index (χ1v) is 7.52. The normalized spacial score (nSPS) is 47.0. The van der Waals surface area contributed by atoms with Crippen LogP contribution in [0.4, 0.5) is 0 Å². The fourth-order valence-corrected chi connectivity index (χ4v) is 3.44. The van der Waals surface area contributed by atoms with Crippen molar-refractivity contribution in [1.29, 1.82) is 0 Å². The van der Waals surface area contributed by atoms with Crippen LogP contribution in [0.2, 0.25) is 0 Å². The summed E-state index contributed by atoms with van der Waals surface area (Å²) in [6, 6.07) is 0. The van der Waals surface area contributed by atoms with Crippen LogP contribution >= 0.6 is 0 Å². The van der Waals surface area contributed by atoms with Gasteiger partial charge in [0.05, 0.1) is 6.61 Å². The van der Waals surface area contributed by atoms with E-state index in [4.69, 9.17) is 18.9 Å². The van der Waals surface area contributed by atoms with Crippen molar-refractivity contribution >= 4 is 0 Å². The molecule has 0 aromatic rings. The molecule has 116 valence electrons. The zero-order valence-corrected chi connectivity index (χ0v) is 11.8. The van der Waals surface area contributed by atoms with E-state index in [1.165, 1.54) is 26.4 Å². The molecule has 1 saturated carbocycles. The highest BCUT2D eigenvalue weighted by Gasteiger charge is 2.49. The molecule has 3 fully saturated rings. The molecule has 2 aliphatic heterocycles. The molecule has 3 rings (SSSR count). The highest BCUT2D eigenvalue weighted by Crippen LogP contribution is 2.35. The van der Waals surface area contributed by atoms with Gasteiger partial charge in [-0.3, -0.25) is 0 Å². The highest BCUT2D eigenvalue weighted by molar-refractivity contribution is 4.92. The van der Waals surface area contributed by atoms with Crippen LogP contribution in [-0.4, -0.2) is 60.9 Å². The van der Waals surface area contributed by atoms with Gasteiger partial charge in [-0.2, -0.15) is 0 Å². The van der Waals surface area contributed by atoms with Gasteiger partial charge >= 0.3 is 0 Å². The molecule has 3 aliphatic rings. The molecular formula is C14H24O6. The Morgan fingerprint density at radius 3 is 2.45 bits per heavy atom. The van der Waals surface area contributed by atoms with E-state index in [-0.39, 0.29) is 6.29 Å². The Morgan fingerprint density at radius 1 is 1.00 bits per heavy atom. The van der Waals surface area contributed by atoms with Crippen LogP contribution in [0.1, 0.15) is 32.1 Å². The van der Waals surface area contributed by atoms with Crippen molar-refractivity contribution in [1.82, 2.24) is 0 Å². The second-order valence-corrected chi connectivity index (χ2v) is 5.96. The first-order chi connectivity index (χ1) is 9.70. The van der Waals surface area contributed by atoms with Gasteiger partial charge in [0.2, 0.25) is 0 Å². The summed E-state index contributed by atoms with van der Waals surface area (Å²) in [6.45, 7) is 0.371. The number of hydrogen-bond acceptors (Lipinski definition) is 6. The summed E-state index contributed by atoms with van der Waals surface area (Å²) in [5.41, 5.74) is 0. The molecule has 2 heterocycles. The molecule has 6 heteroatoms. The van der Waals surface area contributed by atoms with Crippen LogP contribution < -0.4 is 0 Å². The van der Waals surface area contributed by atoms with Crippen molar-refractivity contribution in [3.8, 4) is 0 Å². The minimum absolute atomic E-state index is 0.291. The summed E-state index contributed by atoms with van der Waals surface area (Å²) in [5.74, 6) is 0.384. The molecule has 6 atom stereocenters. The largest absolute Gasteiger partial charge is 0.387 e. The third-order valence-corrected chi connectivity index (χ3v) is 4.62. The fourth-order valence-electron chi connectivity index (χ4n) is 3.44. The van der Waals surface area contributed by atoms with Gasteiger partial charge in [-0.05, 0) is 12.8 Å². The van der Waals surface area contributed by atoms with E-state index in [2.05, 4.69) is 0 Å². The van der Waals surface area contributed by atoms with Crippen LogP contribution in [0.5, 0.6) is 0 Å². The molecule has 2 N–H and O–H groups in total. The van der Waals surface area contributed by atoms with Gasteiger partial charge in [-0.15, -0.1) is 0 Å². The molecule has 20 heavy (non-hydrogen) atoms. The van der Waals surface area contributed by atoms with Crippen LogP contribution in [0.25, 0.3) is 0 Å². The first-order valence-electron chi connectivity index (χ1n) is 7.52. The Bertz CT molecular complexity index is 317. The molecule has 6 unspecified atom stereocenters. The number of ether oxygens (including phenoxy) is 4. The molecular weight excluding hydrogens is 264 g/mol. The van der Waals surface area contributed by atoms with E-state index >= 15 is 0 Å². The maximum absolute atomic E-state index is 10.2. The maximum atomic E-state index is 10.2. The van der Waals surface area contributed by atoms with Crippen molar-refractivity contribution in [3.63, 3.8) is 0 Å². The van der Waals surface area contributed by atoms with Gasteiger partial charge in [0.1, 0.15) is 24.4 Å². The second kappa shape index (κ2) is 6.25. The molecule has 0 radical (unpaired) electrons. The van der Waals surface area contributed by atoms with E-state index in [0.717, 1.165) is 12.8 Å². The van der Waals surface area contributed by atoms with E-state index in [1.807, 2.05) is 0 Å². The lowest BCUT2D eigenvalue weighted by atomic mass is 9.88. The monoisotopic (exact) mass is 288 g/mol. The number of hydrogen-bond donors (Lipinski definition) is 2. The summed E-state index contributed by atoms with van der Waals surface area (Å²) in [6.07, 6.45) is 1.73. The Balaban J connectivity index is 1.64. The zero-order chi connectivity index (χ0) is 14.1. The van der Waals surface area contributed by atoms with Crippen molar-refractivity contribution in [3.05, 3.63) is 0 Å². The molecule has 0 bridgehead atoms. The number of fused-ring (bicyclic) bond motifs is 1. The average Bonchev–Trinajstić information content (AvgIpc) is 2.51. The molecule has 0 amide bonds. The Kier molecular flexibility index (Phi) is 4.59. The van der Waals surface area contributed by atoms with Gasteiger partial charge in [0, 0.05) is 13.0 Å². The van der Waals surface area contributed by atoms with E-state index in [9.17, 15) is 10.2 Å². The van der Waals surface area contributed by atoms with E-state index < -0.39 is 30.7 Å². The van der Waals surface area contributed by atoms with Crippen molar-refractivity contribution in [2.24, 2.45) is 5.92 Å². The Hall–Kier alpha value is -0.240. The van der Waals surface area contributed by atoms with Crippen LogP contribution in [0, 0.1) is 5.92 Å². The second-order valence-electron chi connectivity index (χ2n) is 5.96. The van der Waals surface area contributed by atoms with Crippen LogP contribution in [0.3, 0.4) is 0 Å². The lowest BCUT2D eigenvalue weighted by Gasteiger charge is -2.47. The minimum atomic E-state index is -1.09. The first kappa shape index (κ1) is 14.7. The third-order valence-electron chi connectivity index (χ3n) is 4.62. The molecule has 6 nitrogen and oxygen atoms in total. The maximum Gasteiger partial charge on any atom is 0.186 e. The third kappa shape index (κ3) is 2.73. The van der Waals surface area contributed by atoms with E-state index in [1.54, 1.807) is 0 Å². The van der Waals surface area contributed by atoms with Crippen LogP contribution in [-0.2, 0) is 18.9 Å². The molecule has 2 saturated heterocycles. The summed E-state index contributed by atoms with van der Waals surface area (Å²) in [4.78, 5) is 0. The predicted molar refractivity (Wildman–Crippen MR) is 68.9 cm³/mol. The quantitative estimate of drug-likeness (QED) is 0.766. The summed E-state index contributed by atoms with van der Waals surface area (Å²) in [7, 11) is 1.44. The number of rotatable bonds is 2. The smallest absolute Gasteiger partial charge is 0.186 e. The summed E-state index contributed by atoms with van der Waals surface area (Å²) in [5, 5.41) is 20.2. The SMILES string of the molecule is COC1OC2COC(C3CCCCC3)OC2C(O)C1O. The van der Waals surface area contributed by atoms with Gasteiger partial charge in [0.25, 0.3) is 0 Å². The summed E-state index contributed by atoms with van der Waals surface area (Å²) < 4.78 is 22.3. The van der Waals surface area contributed by atoms with Crippen LogP contribution in [0.15, 0.2) is 0 Å². The fraction of sp³-hybridized carbons (Fsp3) is 1.00. The molecule has 0 spiro atoms. The minimum Gasteiger partial charge on any atom is -0.387 e. The Morgan fingerprint density at radius 2 is 1.75 bits per heavy atom. The van der Waals surface area contributed by atoms with Gasteiger partial charge in [0.15, 0.2) is 12.6 Å². The van der Waals surface area contributed by atoms with E-state index in [0.29, 0.717) is 12.5 Å². The van der Waals surface area contributed by atoms with Gasteiger partial charge in [-0.25, -0.2) is 0 Å². The van der Waals surface area contributed by atoms with Crippen molar-refractivity contribution in [2.75, 3.05) is 13.7 Å². The average molecular weight is 288 g/mol. The predicted octanol–water partition coefficient (Wildman–Crippen LogP) is 0.401. The number of aliphatic hydroxyl groups is 2. The van der Waals surface area contributed by atoms with Crippen molar-refractivity contribution in [2.45, 2.75) is 69.1 Å². The number of aliphatic hydroxyl groups excluding tert-OH is 2. The van der Waals surface area contributed by atoms with Gasteiger partial charge < -0.3 is 29.2 Å². The van der Waals surface area contributed by atoms with Crippen molar-refractivity contribution < 1.29 is 29.2 Å². The lowest BCUT2D eigenvalue weighted by Crippen LogP contribution is -2.63. The zero-order valence-electron chi connectivity index (χ0n) is 11.8. The molecule has 0 aromatic carbocycles. The topological polar surface area (TPSA) is 77.4 Å². The van der Waals surface area contributed by atoms with Gasteiger partial charge in [-0.1, -0.05) is 19.3 Å². The standard InChI is InChI=1S/C14H24O6/c1-17-14-11(16)10(15)12-9(19-14)7-18-13(20-12)8-5-3-2-4-6-8/h8-16H,2-7H2,1H3. The Labute approximate surface area is 119 Å². The summed E-state index contributed by atoms with van der Waals surface area (Å²) >= 11 is 0. The highest BCUT2D eigenvalue weighted by atomic mass is 16.7. The molecule has 1 aliphatic carbocycles. The lowest BCUT2D eigenvalue weighted by molar-refractivity contribution is -0.363.